The van der Waals surface area contributed by atoms with E-state index in [4.69, 9.17) is 9.72 Å². The van der Waals surface area contributed by atoms with Crippen molar-refractivity contribution in [1.29, 1.82) is 0 Å². The molecule has 0 saturated heterocycles. The maximum atomic E-state index is 13.5. The third kappa shape index (κ3) is 3.69. The second kappa shape index (κ2) is 7.12. The number of alkyl halides is 1. The van der Waals surface area contributed by atoms with Crippen molar-refractivity contribution in [3.05, 3.63) is 63.1 Å². The Morgan fingerprint density at radius 2 is 2.16 bits per heavy atom. The molecule has 0 saturated carbocycles. The summed E-state index contributed by atoms with van der Waals surface area (Å²) in [6.45, 7) is 2.70. The van der Waals surface area contributed by atoms with Gasteiger partial charge in [-0.1, -0.05) is 24.3 Å². The van der Waals surface area contributed by atoms with Crippen LogP contribution >= 0.6 is 11.3 Å². The lowest BCUT2D eigenvalue weighted by Gasteiger charge is -2.09. The molecule has 2 aliphatic rings. The SMILES string of the molecule is Cc1sc(C2=CC=CC(F)C2)nc1CCOc1ccc2c(c1)CCC2. The van der Waals surface area contributed by atoms with Gasteiger partial charge in [0.05, 0.1) is 12.3 Å². The van der Waals surface area contributed by atoms with Crippen LogP contribution in [0.25, 0.3) is 5.57 Å². The molecule has 1 unspecified atom stereocenters. The highest BCUT2D eigenvalue weighted by Crippen LogP contribution is 2.31. The Morgan fingerprint density at radius 1 is 1.28 bits per heavy atom. The van der Waals surface area contributed by atoms with E-state index in [0.29, 0.717) is 13.0 Å². The van der Waals surface area contributed by atoms with Crippen LogP contribution in [0.4, 0.5) is 4.39 Å². The van der Waals surface area contributed by atoms with E-state index in [2.05, 4.69) is 25.1 Å². The zero-order chi connectivity index (χ0) is 17.2. The summed E-state index contributed by atoms with van der Waals surface area (Å²) in [4.78, 5) is 5.92. The van der Waals surface area contributed by atoms with Gasteiger partial charge in [-0.2, -0.15) is 0 Å². The highest BCUT2D eigenvalue weighted by atomic mass is 32.1. The molecule has 0 aliphatic heterocycles. The number of thiazole rings is 1. The molecule has 2 nitrogen and oxygen atoms in total. The van der Waals surface area contributed by atoms with Crippen LogP contribution in [0.2, 0.25) is 0 Å². The maximum absolute atomic E-state index is 13.5. The van der Waals surface area contributed by atoms with E-state index in [0.717, 1.165) is 28.4 Å². The first-order chi connectivity index (χ1) is 12.2. The molecule has 1 aromatic heterocycles. The highest BCUT2D eigenvalue weighted by molar-refractivity contribution is 7.12. The molecule has 2 aromatic rings. The summed E-state index contributed by atoms with van der Waals surface area (Å²) < 4.78 is 19.5. The van der Waals surface area contributed by atoms with Gasteiger partial charge in [0.1, 0.15) is 16.9 Å². The summed E-state index contributed by atoms with van der Waals surface area (Å²) in [7, 11) is 0. The lowest BCUT2D eigenvalue weighted by atomic mass is 10.0. The lowest BCUT2D eigenvalue weighted by molar-refractivity contribution is 0.320. The molecule has 1 heterocycles. The van der Waals surface area contributed by atoms with E-state index >= 15 is 0 Å². The number of aryl methyl sites for hydroxylation is 3. The standard InChI is InChI=1S/C21H22FNOS/c1-14-20(23-21(25-14)17-6-3-7-18(22)12-17)10-11-24-19-9-8-15-4-2-5-16(15)13-19/h3,6-9,13,18H,2,4-5,10-12H2,1H3. The minimum Gasteiger partial charge on any atom is -0.493 e. The topological polar surface area (TPSA) is 22.1 Å². The van der Waals surface area contributed by atoms with Crippen LogP contribution in [0, 0.1) is 6.92 Å². The van der Waals surface area contributed by atoms with Gasteiger partial charge in [0, 0.05) is 17.7 Å². The maximum Gasteiger partial charge on any atom is 0.123 e. The van der Waals surface area contributed by atoms with Crippen molar-refractivity contribution in [3.63, 3.8) is 0 Å². The summed E-state index contributed by atoms with van der Waals surface area (Å²) >= 11 is 1.65. The first-order valence-corrected chi connectivity index (χ1v) is 9.73. The molecule has 4 rings (SSSR count). The first kappa shape index (κ1) is 16.5. The molecule has 0 bridgehead atoms. The van der Waals surface area contributed by atoms with Crippen molar-refractivity contribution >= 4 is 16.9 Å². The van der Waals surface area contributed by atoms with Crippen molar-refractivity contribution in [2.75, 3.05) is 6.61 Å². The van der Waals surface area contributed by atoms with Crippen molar-refractivity contribution in [2.24, 2.45) is 0 Å². The Hall–Kier alpha value is -1.94. The molecule has 0 amide bonds. The molecule has 0 radical (unpaired) electrons. The van der Waals surface area contributed by atoms with Gasteiger partial charge in [-0.3, -0.25) is 0 Å². The van der Waals surface area contributed by atoms with Gasteiger partial charge in [-0.15, -0.1) is 11.3 Å². The number of allylic oxidation sites excluding steroid dienone is 4. The van der Waals surface area contributed by atoms with E-state index in [1.807, 2.05) is 6.08 Å². The van der Waals surface area contributed by atoms with E-state index in [1.54, 1.807) is 23.5 Å². The van der Waals surface area contributed by atoms with Crippen LogP contribution in [0.1, 0.15) is 39.5 Å². The van der Waals surface area contributed by atoms with E-state index in [1.165, 1.54) is 35.3 Å². The number of aromatic nitrogens is 1. The van der Waals surface area contributed by atoms with Crippen LogP contribution in [-0.2, 0) is 19.3 Å². The quantitative estimate of drug-likeness (QED) is 0.731. The normalized spacial score (nSPS) is 19.0. The molecular weight excluding hydrogens is 333 g/mol. The number of rotatable bonds is 5. The number of hydrogen-bond acceptors (Lipinski definition) is 3. The van der Waals surface area contributed by atoms with Crippen LogP contribution < -0.4 is 4.74 Å². The van der Waals surface area contributed by atoms with Crippen LogP contribution in [-0.4, -0.2) is 17.8 Å². The van der Waals surface area contributed by atoms with E-state index in [-0.39, 0.29) is 0 Å². The van der Waals surface area contributed by atoms with Crippen molar-refractivity contribution < 1.29 is 9.13 Å². The number of halogens is 1. The monoisotopic (exact) mass is 355 g/mol. The van der Waals surface area contributed by atoms with Gasteiger partial charge in [0.15, 0.2) is 0 Å². The molecule has 130 valence electrons. The predicted molar refractivity (Wildman–Crippen MR) is 101 cm³/mol. The molecular formula is C21H22FNOS. The third-order valence-corrected chi connectivity index (χ3v) is 5.97. The minimum atomic E-state index is -0.893. The Labute approximate surface area is 152 Å². The van der Waals surface area contributed by atoms with Crippen molar-refractivity contribution in [2.45, 2.75) is 45.2 Å². The number of ether oxygens (including phenoxy) is 1. The summed E-state index contributed by atoms with van der Waals surface area (Å²) in [5.41, 5.74) is 4.96. The fourth-order valence-corrected chi connectivity index (χ4v) is 4.49. The van der Waals surface area contributed by atoms with Gasteiger partial charge in [0.25, 0.3) is 0 Å². The highest BCUT2D eigenvalue weighted by Gasteiger charge is 2.17. The summed E-state index contributed by atoms with van der Waals surface area (Å²) in [6, 6.07) is 6.45. The van der Waals surface area contributed by atoms with Gasteiger partial charge in [-0.25, -0.2) is 9.37 Å². The van der Waals surface area contributed by atoms with Gasteiger partial charge in [0.2, 0.25) is 0 Å². The Bertz CT molecular complexity index is 836. The summed E-state index contributed by atoms with van der Waals surface area (Å²) in [5.74, 6) is 0.953. The van der Waals surface area contributed by atoms with Crippen molar-refractivity contribution in [1.82, 2.24) is 4.98 Å². The van der Waals surface area contributed by atoms with Gasteiger partial charge < -0.3 is 4.74 Å². The van der Waals surface area contributed by atoms with E-state index in [9.17, 15) is 4.39 Å². The fraction of sp³-hybridized carbons (Fsp3) is 0.381. The van der Waals surface area contributed by atoms with Gasteiger partial charge in [-0.05, 0) is 55.0 Å². The molecule has 0 N–H and O–H groups in total. The van der Waals surface area contributed by atoms with Crippen LogP contribution in [0.5, 0.6) is 5.75 Å². The fourth-order valence-electron chi connectivity index (χ4n) is 3.50. The Morgan fingerprint density at radius 3 is 3.04 bits per heavy atom. The third-order valence-electron chi connectivity index (χ3n) is 4.88. The first-order valence-electron chi connectivity index (χ1n) is 8.92. The minimum absolute atomic E-state index is 0.425. The van der Waals surface area contributed by atoms with Crippen LogP contribution in [0.15, 0.2) is 36.4 Å². The Balaban J connectivity index is 1.38. The Kier molecular flexibility index (Phi) is 4.71. The molecule has 4 heteroatoms. The average molecular weight is 355 g/mol. The van der Waals surface area contributed by atoms with Gasteiger partial charge >= 0.3 is 0 Å². The molecule has 0 spiro atoms. The second-order valence-corrected chi connectivity index (χ2v) is 7.90. The molecule has 25 heavy (non-hydrogen) atoms. The average Bonchev–Trinajstić information content (AvgIpc) is 3.21. The number of fused-ring (bicyclic) bond motifs is 1. The van der Waals surface area contributed by atoms with Crippen LogP contribution in [0.3, 0.4) is 0 Å². The van der Waals surface area contributed by atoms with Crippen molar-refractivity contribution in [3.8, 4) is 5.75 Å². The number of benzene rings is 1. The summed E-state index contributed by atoms with van der Waals surface area (Å²) in [5, 5.41) is 0.942. The van der Waals surface area contributed by atoms with E-state index < -0.39 is 6.17 Å². The summed E-state index contributed by atoms with van der Waals surface area (Å²) in [6.07, 6.45) is 9.28. The second-order valence-electron chi connectivity index (χ2n) is 6.70. The smallest absolute Gasteiger partial charge is 0.123 e. The number of hydrogen-bond donors (Lipinski definition) is 0. The molecule has 2 aliphatic carbocycles. The lowest BCUT2D eigenvalue weighted by Crippen LogP contribution is -2.04. The zero-order valence-corrected chi connectivity index (χ0v) is 15.2. The number of nitrogens with zero attached hydrogens (tertiary/aromatic N) is 1. The molecule has 1 atom stereocenters. The zero-order valence-electron chi connectivity index (χ0n) is 14.4. The molecule has 1 aromatic carbocycles. The predicted octanol–water partition coefficient (Wildman–Crippen LogP) is 5.24. The largest absolute Gasteiger partial charge is 0.493 e. The molecule has 0 fully saturated rings.